The Labute approximate surface area is 123 Å². The zero-order chi connectivity index (χ0) is 13.9. The molecule has 1 heterocycles. The maximum atomic E-state index is 11.0. The molecule has 0 aliphatic heterocycles. The fourth-order valence-corrected chi connectivity index (χ4v) is 2.45. The predicted molar refractivity (Wildman–Crippen MR) is 75.7 cm³/mol. The maximum Gasteiger partial charge on any atom is 0.262 e. The number of ether oxygens (including phenoxy) is 1. The number of aromatic nitrogens is 1. The Morgan fingerprint density at radius 1 is 1.21 bits per heavy atom. The number of nitrogens with zero attached hydrogens (tertiary/aromatic N) is 1. The van der Waals surface area contributed by atoms with Gasteiger partial charge in [0.2, 0.25) is 5.88 Å². The van der Waals surface area contributed by atoms with E-state index in [1.54, 1.807) is 0 Å². The molecule has 0 atom stereocenters. The molecule has 0 unspecified atom stereocenters. The fourth-order valence-electron chi connectivity index (χ4n) is 1.36. The van der Waals surface area contributed by atoms with Crippen LogP contribution in [0.2, 0.25) is 0 Å². The minimum absolute atomic E-state index is 0.0533. The van der Waals surface area contributed by atoms with Gasteiger partial charge >= 0.3 is 0 Å². The van der Waals surface area contributed by atoms with Crippen LogP contribution in [0.5, 0.6) is 5.88 Å². The van der Waals surface area contributed by atoms with E-state index in [1.807, 2.05) is 24.3 Å². The number of hydrogen-bond donors (Lipinski definition) is 0. The van der Waals surface area contributed by atoms with Crippen molar-refractivity contribution in [3.8, 4) is 5.88 Å². The summed E-state index contributed by atoms with van der Waals surface area (Å²) >= 11 is 3.41. The Morgan fingerprint density at radius 2 is 1.95 bits per heavy atom. The highest BCUT2D eigenvalue weighted by Gasteiger charge is 2.10. The van der Waals surface area contributed by atoms with Crippen molar-refractivity contribution in [1.82, 2.24) is 4.98 Å². The summed E-state index contributed by atoms with van der Waals surface area (Å²) in [4.78, 5) is 3.84. The Morgan fingerprint density at radius 3 is 2.53 bits per heavy atom. The van der Waals surface area contributed by atoms with Gasteiger partial charge in [0.05, 0.1) is 6.20 Å². The van der Waals surface area contributed by atoms with Crippen LogP contribution >= 0.6 is 26.6 Å². The first-order valence-electron chi connectivity index (χ1n) is 5.24. The van der Waals surface area contributed by atoms with Crippen LogP contribution in [0, 0.1) is 0 Å². The summed E-state index contributed by atoms with van der Waals surface area (Å²) in [5.74, 6) is 0.333. The molecule has 100 valence electrons. The van der Waals surface area contributed by atoms with E-state index < -0.39 is 9.05 Å². The Hall–Kier alpha value is -1.11. The summed E-state index contributed by atoms with van der Waals surface area (Å²) in [6, 6.07) is 10.5. The number of pyridine rings is 1. The highest BCUT2D eigenvalue weighted by atomic mass is 79.9. The van der Waals surface area contributed by atoms with Gasteiger partial charge in [-0.1, -0.05) is 34.1 Å². The first-order chi connectivity index (χ1) is 8.97. The van der Waals surface area contributed by atoms with Crippen LogP contribution in [0.25, 0.3) is 0 Å². The molecule has 0 amide bonds. The lowest BCUT2D eigenvalue weighted by Gasteiger charge is -2.07. The van der Waals surface area contributed by atoms with E-state index in [2.05, 4.69) is 20.9 Å². The van der Waals surface area contributed by atoms with Gasteiger partial charge in [0, 0.05) is 26.8 Å². The molecule has 0 radical (unpaired) electrons. The van der Waals surface area contributed by atoms with Crippen molar-refractivity contribution >= 4 is 35.7 Å². The normalized spacial score (nSPS) is 11.3. The summed E-state index contributed by atoms with van der Waals surface area (Å²) in [6.45, 7) is 0.335. The minimum Gasteiger partial charge on any atom is -0.473 e. The van der Waals surface area contributed by atoms with Gasteiger partial charge in [0.15, 0.2) is 0 Å². The van der Waals surface area contributed by atoms with Crippen molar-refractivity contribution in [1.29, 1.82) is 0 Å². The molecule has 0 N–H and O–H groups in total. The van der Waals surface area contributed by atoms with E-state index >= 15 is 0 Å². The van der Waals surface area contributed by atoms with E-state index in [9.17, 15) is 8.42 Å². The largest absolute Gasteiger partial charge is 0.473 e. The monoisotopic (exact) mass is 361 g/mol. The van der Waals surface area contributed by atoms with Gasteiger partial charge in [-0.3, -0.25) is 0 Å². The molecule has 0 aliphatic carbocycles. The first-order valence-corrected chi connectivity index (χ1v) is 8.34. The summed E-state index contributed by atoms with van der Waals surface area (Å²) in [5.41, 5.74) is 0.971. The molecule has 0 spiro atoms. The molecule has 0 fully saturated rings. The smallest absolute Gasteiger partial charge is 0.262 e. The second-order valence-corrected chi connectivity index (χ2v) is 7.07. The van der Waals surface area contributed by atoms with Crippen LogP contribution in [0.1, 0.15) is 5.56 Å². The molecule has 0 saturated heterocycles. The Balaban J connectivity index is 2.07. The van der Waals surface area contributed by atoms with E-state index in [0.29, 0.717) is 12.5 Å². The lowest BCUT2D eigenvalue weighted by molar-refractivity contribution is 0.293. The third-order valence-electron chi connectivity index (χ3n) is 2.32. The fraction of sp³-hybridized carbons (Fsp3) is 0.0833. The van der Waals surface area contributed by atoms with E-state index in [1.165, 1.54) is 12.1 Å². The quantitative estimate of drug-likeness (QED) is 0.783. The Bertz CT molecular complexity index is 674. The van der Waals surface area contributed by atoms with Gasteiger partial charge in [0.25, 0.3) is 9.05 Å². The van der Waals surface area contributed by atoms with E-state index in [4.69, 9.17) is 15.4 Å². The average molecular weight is 363 g/mol. The zero-order valence-electron chi connectivity index (χ0n) is 9.58. The van der Waals surface area contributed by atoms with Crippen LogP contribution in [-0.2, 0) is 15.7 Å². The van der Waals surface area contributed by atoms with Crippen molar-refractivity contribution in [3.63, 3.8) is 0 Å². The second kappa shape index (κ2) is 5.90. The molecule has 0 bridgehead atoms. The van der Waals surface area contributed by atoms with Crippen LogP contribution in [0.15, 0.2) is 52.0 Å². The lowest BCUT2D eigenvalue weighted by Crippen LogP contribution is -1.99. The number of benzene rings is 1. The van der Waals surface area contributed by atoms with Gasteiger partial charge < -0.3 is 4.74 Å². The summed E-state index contributed by atoms with van der Waals surface area (Å²) < 4.78 is 28.5. The van der Waals surface area contributed by atoms with E-state index in [0.717, 1.165) is 16.2 Å². The van der Waals surface area contributed by atoms with Crippen LogP contribution < -0.4 is 4.74 Å². The highest BCUT2D eigenvalue weighted by Crippen LogP contribution is 2.19. The Kier molecular flexibility index (Phi) is 4.44. The molecule has 19 heavy (non-hydrogen) atoms. The van der Waals surface area contributed by atoms with Crippen molar-refractivity contribution in [2.45, 2.75) is 11.5 Å². The van der Waals surface area contributed by atoms with Crippen LogP contribution in [-0.4, -0.2) is 13.4 Å². The van der Waals surface area contributed by atoms with Gasteiger partial charge in [-0.05, 0) is 12.1 Å². The van der Waals surface area contributed by atoms with Crippen molar-refractivity contribution in [3.05, 3.63) is 52.6 Å². The summed E-state index contributed by atoms with van der Waals surface area (Å²) in [6.07, 6.45) is 1.16. The molecule has 7 heteroatoms. The molecule has 0 aliphatic rings. The molecular weight excluding hydrogens is 354 g/mol. The molecule has 1 aromatic heterocycles. The standard InChI is InChI=1S/C12H9BrClNO3S/c13-11-4-2-1-3-9(11)8-18-12-6-5-10(7-15-12)19(14,16)17/h1-7H,8H2. The summed E-state index contributed by atoms with van der Waals surface area (Å²) in [7, 11) is 1.44. The van der Waals surface area contributed by atoms with Crippen LogP contribution in [0.3, 0.4) is 0 Å². The topological polar surface area (TPSA) is 56.3 Å². The van der Waals surface area contributed by atoms with Crippen LogP contribution in [0.4, 0.5) is 0 Å². The zero-order valence-corrected chi connectivity index (χ0v) is 12.7. The molecular formula is C12H9BrClNO3S. The van der Waals surface area contributed by atoms with Gasteiger partial charge in [-0.15, -0.1) is 0 Å². The first kappa shape index (κ1) is 14.3. The van der Waals surface area contributed by atoms with Gasteiger partial charge in [-0.2, -0.15) is 0 Å². The van der Waals surface area contributed by atoms with Crippen molar-refractivity contribution in [2.24, 2.45) is 0 Å². The van der Waals surface area contributed by atoms with E-state index in [-0.39, 0.29) is 4.90 Å². The van der Waals surface area contributed by atoms with Crippen molar-refractivity contribution in [2.75, 3.05) is 0 Å². The predicted octanol–water partition coefficient (Wildman–Crippen LogP) is 3.35. The molecule has 2 rings (SSSR count). The molecule has 1 aromatic carbocycles. The maximum absolute atomic E-state index is 11.0. The number of hydrogen-bond acceptors (Lipinski definition) is 4. The highest BCUT2D eigenvalue weighted by molar-refractivity contribution is 9.10. The van der Waals surface area contributed by atoms with Gasteiger partial charge in [-0.25, -0.2) is 13.4 Å². The molecule has 4 nitrogen and oxygen atoms in total. The van der Waals surface area contributed by atoms with Gasteiger partial charge in [0.1, 0.15) is 11.5 Å². The SMILES string of the molecule is O=S(=O)(Cl)c1ccc(OCc2ccccc2Br)nc1. The minimum atomic E-state index is -3.75. The lowest BCUT2D eigenvalue weighted by atomic mass is 10.2. The number of halogens is 2. The molecule has 0 saturated carbocycles. The average Bonchev–Trinajstić information content (AvgIpc) is 2.37. The summed E-state index contributed by atoms with van der Waals surface area (Å²) in [5, 5.41) is 0. The van der Waals surface area contributed by atoms with Crippen molar-refractivity contribution < 1.29 is 13.2 Å². The third kappa shape index (κ3) is 3.92. The number of rotatable bonds is 4. The molecule has 2 aromatic rings. The third-order valence-corrected chi connectivity index (χ3v) is 4.44. The second-order valence-electron chi connectivity index (χ2n) is 3.65.